The largest absolute Gasteiger partial charge is 0.383 e. The highest BCUT2D eigenvalue weighted by Crippen LogP contribution is 2.30. The molecule has 8 nitrogen and oxygen atoms in total. The van der Waals surface area contributed by atoms with Crippen molar-refractivity contribution in [3.05, 3.63) is 0 Å². The molecule has 2 aliphatic rings. The number of hydrogen-bond donors (Lipinski definition) is 1. The van der Waals surface area contributed by atoms with Gasteiger partial charge in [0.1, 0.15) is 0 Å². The predicted molar refractivity (Wildman–Crippen MR) is 79.5 cm³/mol. The number of anilines is 3. The molecule has 116 valence electrons. The summed E-state index contributed by atoms with van der Waals surface area (Å²) in [6, 6.07) is 0.500. The highest BCUT2D eigenvalue weighted by Gasteiger charge is 2.31. The van der Waals surface area contributed by atoms with Gasteiger partial charge in [-0.15, -0.1) is 0 Å². The van der Waals surface area contributed by atoms with Crippen molar-refractivity contribution in [3.8, 4) is 0 Å². The van der Waals surface area contributed by atoms with Gasteiger partial charge >= 0.3 is 0 Å². The Kier molecular flexibility index (Phi) is 4.35. The Morgan fingerprint density at radius 1 is 1.29 bits per heavy atom. The van der Waals surface area contributed by atoms with Gasteiger partial charge in [0, 0.05) is 32.8 Å². The Morgan fingerprint density at radius 2 is 2.05 bits per heavy atom. The predicted octanol–water partition coefficient (Wildman–Crippen LogP) is -0.0944. The monoisotopic (exact) mass is 294 g/mol. The van der Waals surface area contributed by atoms with Crippen LogP contribution in [-0.2, 0) is 9.47 Å². The third-order valence-corrected chi connectivity index (χ3v) is 3.70. The van der Waals surface area contributed by atoms with Crippen LogP contribution >= 0.6 is 0 Å². The number of hydrogen-bond acceptors (Lipinski definition) is 8. The Hall–Kier alpha value is -1.67. The molecule has 8 heteroatoms. The Morgan fingerprint density at radius 3 is 2.71 bits per heavy atom. The van der Waals surface area contributed by atoms with Crippen LogP contribution in [0.3, 0.4) is 0 Å². The van der Waals surface area contributed by atoms with E-state index in [9.17, 15) is 0 Å². The van der Waals surface area contributed by atoms with Crippen LogP contribution in [-0.4, -0.2) is 67.6 Å². The number of methoxy groups -OCH3 is 1. The van der Waals surface area contributed by atoms with Gasteiger partial charge < -0.3 is 25.0 Å². The van der Waals surface area contributed by atoms with E-state index < -0.39 is 0 Å². The number of morpholine rings is 1. The lowest BCUT2D eigenvalue weighted by Crippen LogP contribution is -2.38. The fraction of sp³-hybridized carbons (Fsp3) is 0.769. The molecule has 2 fully saturated rings. The zero-order valence-electron chi connectivity index (χ0n) is 12.4. The Balaban J connectivity index is 1.81. The summed E-state index contributed by atoms with van der Waals surface area (Å²) in [6.07, 6.45) is 2.34. The van der Waals surface area contributed by atoms with Crippen LogP contribution in [0.25, 0.3) is 0 Å². The average Bonchev–Trinajstić information content (AvgIpc) is 3.33. The minimum Gasteiger partial charge on any atom is -0.383 e. The summed E-state index contributed by atoms with van der Waals surface area (Å²) in [5, 5.41) is 0. The van der Waals surface area contributed by atoms with Crippen molar-refractivity contribution in [1.82, 2.24) is 15.0 Å². The minimum absolute atomic E-state index is 0.268. The van der Waals surface area contributed by atoms with Gasteiger partial charge in [0.25, 0.3) is 0 Å². The molecule has 0 spiro atoms. The smallest absolute Gasteiger partial charge is 0.232 e. The fourth-order valence-electron chi connectivity index (χ4n) is 2.42. The van der Waals surface area contributed by atoms with Gasteiger partial charge in [-0.05, 0) is 12.8 Å². The molecule has 1 saturated heterocycles. The van der Waals surface area contributed by atoms with Gasteiger partial charge in [0.15, 0.2) is 0 Å². The van der Waals surface area contributed by atoms with Gasteiger partial charge in [-0.1, -0.05) is 0 Å². The van der Waals surface area contributed by atoms with E-state index in [1.165, 1.54) is 12.8 Å². The van der Waals surface area contributed by atoms with Crippen LogP contribution in [0, 0.1) is 0 Å². The lowest BCUT2D eigenvalue weighted by Gasteiger charge is -2.28. The second-order valence-electron chi connectivity index (χ2n) is 5.31. The van der Waals surface area contributed by atoms with Crippen molar-refractivity contribution in [2.24, 2.45) is 0 Å². The van der Waals surface area contributed by atoms with Gasteiger partial charge in [0.2, 0.25) is 17.8 Å². The molecule has 0 radical (unpaired) electrons. The zero-order chi connectivity index (χ0) is 14.7. The lowest BCUT2D eigenvalue weighted by atomic mass is 10.4. The highest BCUT2D eigenvalue weighted by atomic mass is 16.5. The first-order chi connectivity index (χ1) is 10.3. The molecule has 21 heavy (non-hydrogen) atoms. The zero-order valence-corrected chi connectivity index (χ0v) is 12.4. The third kappa shape index (κ3) is 3.51. The number of rotatable bonds is 6. The van der Waals surface area contributed by atoms with Crippen molar-refractivity contribution >= 4 is 17.8 Å². The third-order valence-electron chi connectivity index (χ3n) is 3.70. The molecule has 0 bridgehead atoms. The maximum Gasteiger partial charge on any atom is 0.232 e. The first kappa shape index (κ1) is 14.3. The molecular weight excluding hydrogens is 272 g/mol. The van der Waals surface area contributed by atoms with Crippen molar-refractivity contribution in [3.63, 3.8) is 0 Å². The molecular formula is C13H22N6O2. The van der Waals surface area contributed by atoms with E-state index in [1.54, 1.807) is 7.11 Å². The molecule has 1 aromatic rings. The van der Waals surface area contributed by atoms with E-state index in [-0.39, 0.29) is 5.95 Å². The summed E-state index contributed by atoms with van der Waals surface area (Å²) < 4.78 is 10.5. The van der Waals surface area contributed by atoms with Gasteiger partial charge in [0.05, 0.1) is 19.8 Å². The van der Waals surface area contributed by atoms with E-state index in [0.29, 0.717) is 37.8 Å². The summed E-state index contributed by atoms with van der Waals surface area (Å²) in [5.74, 6) is 1.57. The van der Waals surface area contributed by atoms with E-state index in [4.69, 9.17) is 15.2 Å². The maximum absolute atomic E-state index is 5.88. The number of nitrogens with two attached hydrogens (primary N) is 1. The van der Waals surface area contributed by atoms with Gasteiger partial charge in [-0.2, -0.15) is 15.0 Å². The first-order valence-corrected chi connectivity index (χ1v) is 7.38. The fourth-order valence-corrected chi connectivity index (χ4v) is 2.42. The quantitative estimate of drug-likeness (QED) is 0.778. The summed E-state index contributed by atoms with van der Waals surface area (Å²) in [5.41, 5.74) is 5.88. The maximum atomic E-state index is 5.88. The first-order valence-electron chi connectivity index (χ1n) is 7.38. The summed E-state index contributed by atoms with van der Waals surface area (Å²) >= 11 is 0. The van der Waals surface area contributed by atoms with Crippen molar-refractivity contribution in [1.29, 1.82) is 0 Å². The van der Waals surface area contributed by atoms with E-state index in [2.05, 4.69) is 24.8 Å². The summed E-state index contributed by atoms with van der Waals surface area (Å²) in [4.78, 5) is 17.5. The molecule has 0 aromatic carbocycles. The highest BCUT2D eigenvalue weighted by molar-refractivity contribution is 5.45. The molecule has 1 aliphatic heterocycles. The van der Waals surface area contributed by atoms with Crippen LogP contribution in [0.15, 0.2) is 0 Å². The molecule has 1 aromatic heterocycles. The Bertz CT molecular complexity index is 476. The second kappa shape index (κ2) is 6.40. The van der Waals surface area contributed by atoms with Crippen LogP contribution < -0.4 is 15.5 Å². The molecule has 2 N–H and O–H groups in total. The molecule has 1 saturated carbocycles. The van der Waals surface area contributed by atoms with Crippen molar-refractivity contribution in [2.75, 3.05) is 62.1 Å². The topological polar surface area (TPSA) is 89.6 Å². The summed E-state index contributed by atoms with van der Waals surface area (Å²) in [7, 11) is 1.70. The molecule has 3 rings (SSSR count). The molecule has 2 heterocycles. The molecule has 0 unspecified atom stereocenters. The lowest BCUT2D eigenvalue weighted by molar-refractivity contribution is 0.122. The van der Waals surface area contributed by atoms with Crippen molar-refractivity contribution < 1.29 is 9.47 Å². The molecule has 0 atom stereocenters. The van der Waals surface area contributed by atoms with Crippen LogP contribution in [0.2, 0.25) is 0 Å². The Labute approximate surface area is 124 Å². The molecule has 1 aliphatic carbocycles. The number of ether oxygens (including phenoxy) is 2. The number of nitrogen functional groups attached to an aromatic ring is 1. The number of aromatic nitrogens is 3. The minimum atomic E-state index is 0.268. The van der Waals surface area contributed by atoms with E-state index in [1.807, 2.05) is 0 Å². The number of nitrogens with zero attached hydrogens (tertiary/aromatic N) is 5. The van der Waals surface area contributed by atoms with Crippen LogP contribution in [0.5, 0.6) is 0 Å². The SMILES string of the molecule is COCCN(c1nc(N)nc(N2CCOCC2)n1)C1CC1. The normalized spacial score (nSPS) is 18.8. The average molecular weight is 294 g/mol. The van der Waals surface area contributed by atoms with Gasteiger partial charge in [-0.3, -0.25) is 0 Å². The van der Waals surface area contributed by atoms with E-state index in [0.717, 1.165) is 19.6 Å². The molecule has 0 amide bonds. The second-order valence-corrected chi connectivity index (χ2v) is 5.31. The van der Waals surface area contributed by atoms with Crippen LogP contribution in [0.4, 0.5) is 17.8 Å². The summed E-state index contributed by atoms with van der Waals surface area (Å²) in [6.45, 7) is 4.37. The van der Waals surface area contributed by atoms with Gasteiger partial charge in [-0.25, -0.2) is 0 Å². The standard InChI is InChI=1S/C13H22N6O2/c1-20-7-6-19(10-2-3-10)13-16-11(14)15-12(17-13)18-4-8-21-9-5-18/h10H,2-9H2,1H3,(H2,14,15,16,17). The van der Waals surface area contributed by atoms with Crippen molar-refractivity contribution in [2.45, 2.75) is 18.9 Å². The van der Waals surface area contributed by atoms with E-state index >= 15 is 0 Å². The van der Waals surface area contributed by atoms with Crippen LogP contribution in [0.1, 0.15) is 12.8 Å².